The van der Waals surface area contributed by atoms with Crippen LogP contribution in [0.4, 0.5) is 0 Å². The van der Waals surface area contributed by atoms with E-state index in [4.69, 9.17) is 33.3 Å². The molecule has 0 aliphatic carbocycles. The molecule has 0 aromatic rings. The summed E-state index contributed by atoms with van der Waals surface area (Å²) in [6.45, 7) is 13.0. The maximum Gasteiger partial charge on any atom is 0.306 e. The topological polar surface area (TPSA) is 117 Å². The molecule has 0 aromatic heterocycles. The van der Waals surface area contributed by atoms with Crippen LogP contribution in [0.25, 0.3) is 0 Å². The van der Waals surface area contributed by atoms with Crippen molar-refractivity contribution in [3.05, 3.63) is 0 Å². The summed E-state index contributed by atoms with van der Waals surface area (Å²) in [6.07, 6.45) is 18.1. The quantitative estimate of drug-likeness (QED) is 0.0376. The Kier molecular flexibility index (Phi) is 28.2. The van der Waals surface area contributed by atoms with Crippen molar-refractivity contribution in [3.63, 3.8) is 0 Å². The van der Waals surface area contributed by atoms with Crippen LogP contribution >= 0.6 is 8.53 Å². The molecule has 1 fully saturated rings. The van der Waals surface area contributed by atoms with E-state index in [9.17, 15) is 9.59 Å². The maximum absolute atomic E-state index is 13.2. The van der Waals surface area contributed by atoms with Gasteiger partial charge in [-0.1, -0.05) is 117 Å². The summed E-state index contributed by atoms with van der Waals surface area (Å²) in [7, 11) is -0.0518. The summed E-state index contributed by atoms with van der Waals surface area (Å²) in [5, 5.41) is 9.09. The van der Waals surface area contributed by atoms with Crippen molar-refractivity contribution in [2.24, 2.45) is 0 Å². The van der Waals surface area contributed by atoms with Crippen LogP contribution in [0.3, 0.4) is 0 Å². The Hall–Kier alpha value is -1.34. The van der Waals surface area contributed by atoms with Crippen LogP contribution in [-0.2, 0) is 37.6 Å². The lowest BCUT2D eigenvalue weighted by atomic mass is 10.1. The first kappa shape index (κ1) is 46.7. The summed E-state index contributed by atoms with van der Waals surface area (Å²) in [5.74, 6) is -0.695. The van der Waals surface area contributed by atoms with Crippen molar-refractivity contribution in [3.8, 4) is 6.07 Å². The van der Waals surface area contributed by atoms with E-state index in [1.807, 2.05) is 0 Å². The van der Waals surface area contributed by atoms with Crippen molar-refractivity contribution in [1.29, 1.82) is 5.26 Å². The molecule has 1 unspecified atom stereocenters. The molecule has 0 amide bonds. The largest absolute Gasteiger partial charge is 0.455 e. The lowest BCUT2D eigenvalue weighted by Gasteiger charge is -2.36. The predicted molar refractivity (Wildman–Crippen MR) is 200 cm³/mol. The van der Waals surface area contributed by atoms with Gasteiger partial charge in [-0.05, 0) is 40.5 Å². The van der Waals surface area contributed by atoms with Gasteiger partial charge < -0.3 is 28.0 Å². The molecule has 0 spiro atoms. The van der Waals surface area contributed by atoms with Crippen molar-refractivity contribution >= 4 is 20.5 Å². The molecule has 10 nitrogen and oxygen atoms in total. The molecular weight excluding hydrogens is 655 g/mol. The van der Waals surface area contributed by atoms with Crippen LogP contribution in [0.2, 0.25) is 0 Å². The molecular formula is C39H73N2O8P. The number of rotatable bonds is 32. The Labute approximate surface area is 306 Å². The highest BCUT2D eigenvalue weighted by atomic mass is 31.2. The van der Waals surface area contributed by atoms with Crippen LogP contribution in [-0.4, -0.2) is 73.6 Å². The number of unbranched alkanes of at least 4 members (excludes halogenated alkanes) is 16. The number of carbonyl (C=O) groups is 2. The number of esters is 2. The molecule has 0 radical (unpaired) electrons. The SMILES string of the molecule is CCCCCCCCCCCC(=O)O[C@H]1[C@H](OC)O[C@H](COP(OCCC#N)N(C(C)C)C(C)C)[C@H]1OC(=O)CCCCCCCCCCC. The highest BCUT2D eigenvalue weighted by molar-refractivity contribution is 7.44. The molecule has 11 heteroatoms. The summed E-state index contributed by atoms with van der Waals surface area (Å²) in [4.78, 5) is 26.2. The molecule has 50 heavy (non-hydrogen) atoms. The number of methoxy groups -OCH3 is 1. The lowest BCUT2D eigenvalue weighted by molar-refractivity contribution is -0.183. The van der Waals surface area contributed by atoms with E-state index >= 15 is 0 Å². The number of ether oxygens (including phenoxy) is 4. The van der Waals surface area contributed by atoms with Gasteiger partial charge in [-0.25, -0.2) is 4.67 Å². The van der Waals surface area contributed by atoms with E-state index in [-0.39, 0.29) is 50.1 Å². The van der Waals surface area contributed by atoms with E-state index < -0.39 is 33.1 Å². The predicted octanol–water partition coefficient (Wildman–Crippen LogP) is 10.3. The highest BCUT2D eigenvalue weighted by Gasteiger charge is 2.50. The number of nitrogens with zero attached hydrogens (tertiary/aromatic N) is 2. The zero-order chi connectivity index (χ0) is 37.0. The summed E-state index contributed by atoms with van der Waals surface area (Å²) < 4.78 is 38.3. The number of hydrogen-bond acceptors (Lipinski definition) is 10. The van der Waals surface area contributed by atoms with Gasteiger partial charge in [0.05, 0.1) is 25.7 Å². The first-order valence-electron chi connectivity index (χ1n) is 20.0. The molecule has 0 saturated carbocycles. The average molecular weight is 729 g/mol. The van der Waals surface area contributed by atoms with Gasteiger partial charge >= 0.3 is 11.9 Å². The molecule has 0 aromatic carbocycles. The van der Waals surface area contributed by atoms with Crippen LogP contribution < -0.4 is 0 Å². The minimum absolute atomic E-state index is 0.0380. The van der Waals surface area contributed by atoms with Crippen LogP contribution in [0.5, 0.6) is 0 Å². The highest BCUT2D eigenvalue weighted by Crippen LogP contribution is 2.47. The van der Waals surface area contributed by atoms with Crippen LogP contribution in [0.15, 0.2) is 0 Å². The van der Waals surface area contributed by atoms with E-state index in [1.165, 1.54) is 84.2 Å². The average Bonchev–Trinajstić information content (AvgIpc) is 3.40. The normalized spacial score (nSPS) is 19.7. The second kappa shape index (κ2) is 30.2. The van der Waals surface area contributed by atoms with Gasteiger partial charge in [0.25, 0.3) is 8.53 Å². The first-order valence-corrected chi connectivity index (χ1v) is 21.1. The Balaban J connectivity index is 2.88. The fourth-order valence-corrected chi connectivity index (χ4v) is 7.93. The molecule has 1 aliphatic heterocycles. The monoisotopic (exact) mass is 729 g/mol. The van der Waals surface area contributed by atoms with Crippen LogP contribution in [0, 0.1) is 11.3 Å². The van der Waals surface area contributed by atoms with E-state index in [0.717, 1.165) is 38.5 Å². The fraction of sp³-hybridized carbons (Fsp3) is 0.923. The van der Waals surface area contributed by atoms with E-state index in [1.54, 1.807) is 0 Å². The van der Waals surface area contributed by atoms with Gasteiger partial charge in [0.1, 0.15) is 6.10 Å². The second-order valence-electron chi connectivity index (χ2n) is 14.2. The number of hydrogen-bond donors (Lipinski definition) is 0. The Bertz CT molecular complexity index is 894. The van der Waals surface area contributed by atoms with Crippen molar-refractivity contribution in [1.82, 2.24) is 4.67 Å². The van der Waals surface area contributed by atoms with Crippen molar-refractivity contribution in [2.45, 2.75) is 213 Å². The smallest absolute Gasteiger partial charge is 0.306 e. The van der Waals surface area contributed by atoms with Crippen LogP contribution in [0.1, 0.15) is 176 Å². The maximum atomic E-state index is 13.2. The van der Waals surface area contributed by atoms with Gasteiger partial charge in [-0.3, -0.25) is 9.59 Å². The molecule has 292 valence electrons. The lowest BCUT2D eigenvalue weighted by Crippen LogP contribution is -2.42. The second-order valence-corrected chi connectivity index (χ2v) is 15.6. The van der Waals surface area contributed by atoms with Crippen molar-refractivity contribution in [2.75, 3.05) is 20.3 Å². The van der Waals surface area contributed by atoms with Gasteiger partial charge in [0.2, 0.25) is 0 Å². The first-order chi connectivity index (χ1) is 24.2. The summed E-state index contributed by atoms with van der Waals surface area (Å²) >= 11 is 0. The molecule has 1 heterocycles. The zero-order valence-electron chi connectivity index (χ0n) is 32.8. The minimum atomic E-state index is -1.55. The standard InChI is InChI=1S/C39H73N2O8P/c1-8-10-12-14-16-18-20-22-24-27-35(42)48-37-34(31-46-50(45-30-26-29-40)41(32(3)4)33(5)6)47-39(44-7)38(37)49-36(43)28-25-23-21-19-17-15-13-11-9-2/h32-34,37-39H,8-28,30-31H2,1-7H3/t34-,37-,38-,39-,50?/m1/s1. The molecule has 0 N–H and O–H groups in total. The molecule has 0 bridgehead atoms. The zero-order valence-corrected chi connectivity index (χ0v) is 33.7. The third kappa shape index (κ3) is 20.6. The number of carbonyl (C=O) groups excluding carboxylic acids is 2. The molecule has 1 rings (SSSR count). The molecule has 1 saturated heterocycles. The van der Waals surface area contributed by atoms with E-state index in [2.05, 4.69) is 52.3 Å². The molecule has 1 aliphatic rings. The summed E-state index contributed by atoms with van der Waals surface area (Å²) in [6, 6.07) is 2.37. The van der Waals surface area contributed by atoms with Gasteiger partial charge in [-0.15, -0.1) is 0 Å². The Morgan fingerprint density at radius 2 is 1.14 bits per heavy atom. The van der Waals surface area contributed by atoms with Gasteiger partial charge in [-0.2, -0.15) is 5.26 Å². The fourth-order valence-electron chi connectivity index (χ4n) is 6.31. The minimum Gasteiger partial charge on any atom is -0.455 e. The van der Waals surface area contributed by atoms with E-state index in [0.29, 0.717) is 6.42 Å². The third-order valence-electron chi connectivity index (χ3n) is 9.02. The summed E-state index contributed by atoms with van der Waals surface area (Å²) in [5.41, 5.74) is 0. The Morgan fingerprint density at radius 3 is 1.56 bits per heavy atom. The van der Waals surface area contributed by atoms with Gasteiger partial charge in [0, 0.05) is 32.0 Å². The number of nitriles is 1. The van der Waals surface area contributed by atoms with Crippen molar-refractivity contribution < 1.29 is 37.6 Å². The molecule has 5 atom stereocenters. The Morgan fingerprint density at radius 1 is 0.700 bits per heavy atom. The van der Waals surface area contributed by atoms with Gasteiger partial charge in [0.15, 0.2) is 18.5 Å². The third-order valence-corrected chi connectivity index (χ3v) is 11.1.